The maximum absolute atomic E-state index is 12.9. The van der Waals surface area contributed by atoms with Crippen molar-refractivity contribution in [1.82, 2.24) is 0 Å². The lowest BCUT2D eigenvalue weighted by atomic mass is 10.1. The van der Waals surface area contributed by atoms with Crippen LogP contribution in [-0.4, -0.2) is 21.4 Å². The van der Waals surface area contributed by atoms with E-state index in [1.165, 1.54) is 11.4 Å². The fourth-order valence-electron chi connectivity index (χ4n) is 3.00. The van der Waals surface area contributed by atoms with Gasteiger partial charge >= 0.3 is 0 Å². The first-order valence-electron chi connectivity index (χ1n) is 9.23. The van der Waals surface area contributed by atoms with E-state index >= 15 is 0 Å². The molecular formula is C23H24N2O3S. The SMILES string of the molecule is Cc1ccc(S(=O)(=O)N(C)c2cccc(C(=O)Nc3ccc(C)cc3C)c2)cc1. The zero-order chi connectivity index (χ0) is 21.2. The first-order chi connectivity index (χ1) is 13.7. The fraction of sp³-hybridized carbons (Fsp3) is 0.174. The summed E-state index contributed by atoms with van der Waals surface area (Å²) in [5.74, 6) is -0.292. The van der Waals surface area contributed by atoms with E-state index in [-0.39, 0.29) is 10.8 Å². The normalized spacial score (nSPS) is 11.2. The van der Waals surface area contributed by atoms with Crippen molar-refractivity contribution in [3.05, 3.63) is 89.0 Å². The van der Waals surface area contributed by atoms with Crippen molar-refractivity contribution in [3.63, 3.8) is 0 Å². The van der Waals surface area contributed by atoms with Crippen molar-refractivity contribution in [3.8, 4) is 0 Å². The smallest absolute Gasteiger partial charge is 0.264 e. The molecule has 0 atom stereocenters. The summed E-state index contributed by atoms with van der Waals surface area (Å²) in [5.41, 5.74) is 4.59. The predicted molar refractivity (Wildman–Crippen MR) is 117 cm³/mol. The molecule has 0 aliphatic rings. The number of carbonyl (C=O) groups excluding carboxylic acids is 1. The van der Waals surface area contributed by atoms with Crippen LogP contribution in [0.2, 0.25) is 0 Å². The molecule has 0 spiro atoms. The maximum Gasteiger partial charge on any atom is 0.264 e. The van der Waals surface area contributed by atoms with Crippen molar-refractivity contribution >= 4 is 27.3 Å². The Kier molecular flexibility index (Phi) is 5.75. The zero-order valence-corrected chi connectivity index (χ0v) is 17.7. The molecule has 0 heterocycles. The van der Waals surface area contributed by atoms with E-state index in [0.29, 0.717) is 11.3 Å². The maximum atomic E-state index is 12.9. The molecule has 150 valence electrons. The number of amides is 1. The first kappa shape index (κ1) is 20.6. The van der Waals surface area contributed by atoms with Gasteiger partial charge in [0.15, 0.2) is 0 Å². The van der Waals surface area contributed by atoms with E-state index in [1.807, 2.05) is 39.0 Å². The van der Waals surface area contributed by atoms with Crippen LogP contribution in [0, 0.1) is 20.8 Å². The Morgan fingerprint density at radius 3 is 2.17 bits per heavy atom. The predicted octanol–water partition coefficient (Wildman–Crippen LogP) is 4.69. The minimum atomic E-state index is -3.72. The number of aryl methyl sites for hydroxylation is 3. The summed E-state index contributed by atoms with van der Waals surface area (Å²) >= 11 is 0. The molecule has 29 heavy (non-hydrogen) atoms. The lowest BCUT2D eigenvalue weighted by Gasteiger charge is -2.20. The number of sulfonamides is 1. The van der Waals surface area contributed by atoms with Crippen LogP contribution in [0.15, 0.2) is 71.6 Å². The largest absolute Gasteiger partial charge is 0.322 e. The van der Waals surface area contributed by atoms with Crippen molar-refractivity contribution in [1.29, 1.82) is 0 Å². The monoisotopic (exact) mass is 408 g/mol. The molecular weight excluding hydrogens is 384 g/mol. The van der Waals surface area contributed by atoms with Crippen LogP contribution < -0.4 is 9.62 Å². The van der Waals surface area contributed by atoms with E-state index in [2.05, 4.69) is 5.32 Å². The van der Waals surface area contributed by atoms with E-state index in [1.54, 1.807) is 48.5 Å². The quantitative estimate of drug-likeness (QED) is 0.666. The van der Waals surface area contributed by atoms with E-state index in [0.717, 1.165) is 22.4 Å². The molecule has 1 N–H and O–H groups in total. The van der Waals surface area contributed by atoms with Crippen molar-refractivity contribution < 1.29 is 13.2 Å². The molecule has 0 saturated heterocycles. The van der Waals surface area contributed by atoms with Gasteiger partial charge in [0.05, 0.1) is 10.6 Å². The summed E-state index contributed by atoms with van der Waals surface area (Å²) in [4.78, 5) is 12.9. The van der Waals surface area contributed by atoms with Gasteiger partial charge in [-0.25, -0.2) is 8.42 Å². The Hall–Kier alpha value is -3.12. The van der Waals surface area contributed by atoms with Crippen LogP contribution in [0.25, 0.3) is 0 Å². The van der Waals surface area contributed by atoms with Gasteiger partial charge in [-0.1, -0.05) is 41.5 Å². The molecule has 3 rings (SSSR count). The van der Waals surface area contributed by atoms with Gasteiger partial charge in [0.25, 0.3) is 15.9 Å². The highest BCUT2D eigenvalue weighted by molar-refractivity contribution is 7.92. The number of benzene rings is 3. The summed E-state index contributed by atoms with van der Waals surface area (Å²) in [6.07, 6.45) is 0. The third-order valence-corrected chi connectivity index (χ3v) is 6.58. The van der Waals surface area contributed by atoms with Gasteiger partial charge in [0.2, 0.25) is 0 Å². The highest BCUT2D eigenvalue weighted by atomic mass is 32.2. The molecule has 3 aromatic rings. The second-order valence-corrected chi connectivity index (χ2v) is 9.08. The van der Waals surface area contributed by atoms with Gasteiger partial charge in [-0.05, 0) is 62.7 Å². The zero-order valence-electron chi connectivity index (χ0n) is 16.9. The fourth-order valence-corrected chi connectivity index (χ4v) is 4.19. The molecule has 0 saturated carbocycles. The average molecular weight is 409 g/mol. The Morgan fingerprint density at radius 2 is 1.52 bits per heavy atom. The second kappa shape index (κ2) is 8.09. The lowest BCUT2D eigenvalue weighted by Crippen LogP contribution is -2.27. The molecule has 0 aromatic heterocycles. The number of rotatable bonds is 5. The molecule has 0 bridgehead atoms. The van der Waals surface area contributed by atoms with Crippen LogP contribution in [0.3, 0.4) is 0 Å². The van der Waals surface area contributed by atoms with Crippen LogP contribution in [0.4, 0.5) is 11.4 Å². The van der Waals surface area contributed by atoms with E-state index in [4.69, 9.17) is 0 Å². The molecule has 0 unspecified atom stereocenters. The highest BCUT2D eigenvalue weighted by Crippen LogP contribution is 2.24. The summed E-state index contributed by atoms with van der Waals surface area (Å²) in [6.45, 7) is 5.82. The third kappa shape index (κ3) is 4.49. The molecule has 0 aliphatic heterocycles. The number of nitrogens with zero attached hydrogens (tertiary/aromatic N) is 1. The van der Waals surface area contributed by atoms with Crippen LogP contribution in [-0.2, 0) is 10.0 Å². The third-order valence-electron chi connectivity index (χ3n) is 4.78. The summed E-state index contributed by atoms with van der Waals surface area (Å²) in [6, 6.07) is 19.0. The minimum absolute atomic E-state index is 0.204. The molecule has 0 radical (unpaired) electrons. The van der Waals surface area contributed by atoms with Gasteiger partial charge in [0.1, 0.15) is 0 Å². The number of nitrogens with one attached hydrogen (secondary N) is 1. The Balaban J connectivity index is 1.86. The number of anilines is 2. The van der Waals surface area contributed by atoms with Gasteiger partial charge in [-0.3, -0.25) is 9.10 Å². The summed E-state index contributed by atoms with van der Waals surface area (Å²) < 4.78 is 27.0. The minimum Gasteiger partial charge on any atom is -0.322 e. The molecule has 0 aliphatic carbocycles. The highest BCUT2D eigenvalue weighted by Gasteiger charge is 2.22. The van der Waals surface area contributed by atoms with Crippen LogP contribution >= 0.6 is 0 Å². The second-order valence-electron chi connectivity index (χ2n) is 7.11. The summed E-state index contributed by atoms with van der Waals surface area (Å²) in [5, 5.41) is 2.89. The molecule has 1 amide bonds. The standard InChI is InChI=1S/C23H24N2O3S/c1-16-8-11-21(12-9-16)29(27,28)25(4)20-7-5-6-19(15-20)23(26)24-22-13-10-17(2)14-18(22)3/h5-15H,1-4H3,(H,24,26). The van der Waals surface area contributed by atoms with Crippen molar-refractivity contribution in [2.75, 3.05) is 16.7 Å². The van der Waals surface area contributed by atoms with Crippen molar-refractivity contribution in [2.24, 2.45) is 0 Å². The molecule has 0 fully saturated rings. The first-order valence-corrected chi connectivity index (χ1v) is 10.7. The Bertz CT molecular complexity index is 1150. The topological polar surface area (TPSA) is 66.5 Å². The van der Waals surface area contributed by atoms with Gasteiger partial charge in [0, 0.05) is 18.3 Å². The van der Waals surface area contributed by atoms with Gasteiger partial charge in [-0.15, -0.1) is 0 Å². The van der Waals surface area contributed by atoms with E-state index < -0.39 is 10.0 Å². The Labute approximate surface area is 172 Å². The van der Waals surface area contributed by atoms with Gasteiger partial charge in [-0.2, -0.15) is 0 Å². The van der Waals surface area contributed by atoms with Crippen LogP contribution in [0.1, 0.15) is 27.0 Å². The number of hydrogen-bond donors (Lipinski definition) is 1. The van der Waals surface area contributed by atoms with Gasteiger partial charge < -0.3 is 5.32 Å². The number of hydrogen-bond acceptors (Lipinski definition) is 3. The van der Waals surface area contributed by atoms with Crippen molar-refractivity contribution in [2.45, 2.75) is 25.7 Å². The summed E-state index contributed by atoms with van der Waals surface area (Å²) in [7, 11) is -2.24. The average Bonchev–Trinajstić information content (AvgIpc) is 2.70. The molecule has 6 heteroatoms. The molecule has 3 aromatic carbocycles. The number of carbonyl (C=O) groups is 1. The van der Waals surface area contributed by atoms with E-state index in [9.17, 15) is 13.2 Å². The Morgan fingerprint density at radius 1 is 0.862 bits per heavy atom. The molecule has 5 nitrogen and oxygen atoms in total. The van der Waals surface area contributed by atoms with Crippen LogP contribution in [0.5, 0.6) is 0 Å². The lowest BCUT2D eigenvalue weighted by molar-refractivity contribution is 0.102.